The molecule has 0 spiro atoms. The van der Waals surface area contributed by atoms with Crippen LogP contribution in [0.5, 0.6) is 5.75 Å². The van der Waals surface area contributed by atoms with Crippen molar-refractivity contribution >= 4 is 10.0 Å². The van der Waals surface area contributed by atoms with Gasteiger partial charge >= 0.3 is 0 Å². The lowest BCUT2D eigenvalue weighted by Crippen LogP contribution is -2.38. The third-order valence-corrected chi connectivity index (χ3v) is 7.20. The van der Waals surface area contributed by atoms with E-state index in [1.54, 1.807) is 23.5 Å². The van der Waals surface area contributed by atoms with Gasteiger partial charge in [0.25, 0.3) is 0 Å². The number of fused-ring (bicyclic) bond motifs is 1. The van der Waals surface area contributed by atoms with Gasteiger partial charge in [0.2, 0.25) is 10.0 Å². The van der Waals surface area contributed by atoms with E-state index in [4.69, 9.17) is 4.74 Å². The van der Waals surface area contributed by atoms with Crippen molar-refractivity contribution in [3.05, 3.63) is 95.1 Å². The SMILES string of the molecule is COc1ccc([C@H]2Cc3ccccc3CN2S(=O)(=O)c2ccc(C)cc2)cc1. The average molecular weight is 394 g/mol. The van der Waals surface area contributed by atoms with E-state index in [0.29, 0.717) is 17.9 Å². The van der Waals surface area contributed by atoms with Crippen molar-refractivity contribution < 1.29 is 13.2 Å². The fourth-order valence-corrected chi connectivity index (χ4v) is 5.30. The molecule has 0 unspecified atom stereocenters. The first-order valence-corrected chi connectivity index (χ1v) is 10.7. The van der Waals surface area contributed by atoms with Crippen LogP contribution in [-0.4, -0.2) is 19.8 Å². The quantitative estimate of drug-likeness (QED) is 0.656. The first kappa shape index (κ1) is 18.7. The molecular formula is C23H23NO3S. The minimum absolute atomic E-state index is 0.257. The first-order chi connectivity index (χ1) is 13.5. The first-order valence-electron chi connectivity index (χ1n) is 9.28. The molecule has 4 rings (SSSR count). The molecule has 0 amide bonds. The highest BCUT2D eigenvalue weighted by molar-refractivity contribution is 7.89. The van der Waals surface area contributed by atoms with Crippen molar-refractivity contribution in [2.75, 3.05) is 7.11 Å². The summed E-state index contributed by atoms with van der Waals surface area (Å²) < 4.78 is 33.9. The zero-order chi connectivity index (χ0) is 19.7. The second kappa shape index (κ2) is 7.41. The zero-order valence-corrected chi connectivity index (χ0v) is 16.8. The van der Waals surface area contributed by atoms with Crippen LogP contribution < -0.4 is 4.74 Å². The fraction of sp³-hybridized carbons (Fsp3) is 0.217. The second-order valence-corrected chi connectivity index (χ2v) is 9.02. The minimum atomic E-state index is -3.63. The molecule has 0 N–H and O–H groups in total. The fourth-order valence-electron chi connectivity index (χ4n) is 3.71. The van der Waals surface area contributed by atoms with Gasteiger partial charge in [0.05, 0.1) is 18.0 Å². The zero-order valence-electron chi connectivity index (χ0n) is 16.0. The van der Waals surface area contributed by atoms with Crippen LogP contribution in [0.25, 0.3) is 0 Å². The monoisotopic (exact) mass is 393 g/mol. The van der Waals surface area contributed by atoms with Gasteiger partial charge < -0.3 is 4.74 Å². The van der Waals surface area contributed by atoms with Gasteiger partial charge in [0.1, 0.15) is 5.75 Å². The molecule has 0 radical (unpaired) electrons. The van der Waals surface area contributed by atoms with E-state index < -0.39 is 10.0 Å². The largest absolute Gasteiger partial charge is 0.497 e. The third kappa shape index (κ3) is 3.43. The van der Waals surface area contributed by atoms with Crippen molar-refractivity contribution in [2.24, 2.45) is 0 Å². The van der Waals surface area contributed by atoms with Gasteiger partial charge in [-0.15, -0.1) is 0 Å². The molecule has 3 aromatic rings. The molecule has 1 atom stereocenters. The Morgan fingerprint density at radius 2 is 1.54 bits per heavy atom. The van der Waals surface area contributed by atoms with Crippen molar-refractivity contribution in [1.82, 2.24) is 4.31 Å². The maximum absolute atomic E-state index is 13.5. The Kier molecular flexibility index (Phi) is 4.96. The molecule has 1 heterocycles. The summed E-state index contributed by atoms with van der Waals surface area (Å²) in [6, 6.07) is 22.5. The number of hydrogen-bond acceptors (Lipinski definition) is 3. The third-order valence-electron chi connectivity index (χ3n) is 5.33. The summed E-state index contributed by atoms with van der Waals surface area (Å²) in [6.07, 6.45) is 0.646. The Morgan fingerprint density at radius 1 is 0.893 bits per heavy atom. The summed E-state index contributed by atoms with van der Waals surface area (Å²) in [6.45, 7) is 2.32. The normalized spacial score (nSPS) is 17.1. The lowest BCUT2D eigenvalue weighted by Gasteiger charge is -2.36. The number of rotatable bonds is 4. The van der Waals surface area contributed by atoms with E-state index in [0.717, 1.165) is 22.4 Å². The van der Waals surface area contributed by atoms with Crippen LogP contribution in [0, 0.1) is 6.92 Å². The number of hydrogen-bond donors (Lipinski definition) is 0. The molecule has 0 bridgehead atoms. The smallest absolute Gasteiger partial charge is 0.243 e. The second-order valence-electron chi connectivity index (χ2n) is 7.13. The number of ether oxygens (including phenoxy) is 1. The Balaban J connectivity index is 1.79. The number of methoxy groups -OCH3 is 1. The lowest BCUT2D eigenvalue weighted by atomic mass is 9.92. The van der Waals surface area contributed by atoms with E-state index in [-0.39, 0.29) is 6.04 Å². The summed E-state index contributed by atoms with van der Waals surface area (Å²) in [5.41, 5.74) is 4.25. The lowest BCUT2D eigenvalue weighted by molar-refractivity contribution is 0.296. The predicted octanol–water partition coefficient (Wildman–Crippen LogP) is 4.49. The number of nitrogens with zero attached hydrogens (tertiary/aromatic N) is 1. The highest BCUT2D eigenvalue weighted by Crippen LogP contribution is 2.37. The summed E-state index contributed by atoms with van der Waals surface area (Å²) >= 11 is 0. The number of sulfonamides is 1. The maximum Gasteiger partial charge on any atom is 0.243 e. The standard InChI is InChI=1S/C23H23NO3S/c1-17-7-13-22(14-8-17)28(25,26)24-16-20-6-4-3-5-19(20)15-23(24)18-9-11-21(27-2)12-10-18/h3-14,23H,15-16H2,1-2H3/t23-/m1/s1. The molecule has 144 valence electrons. The van der Waals surface area contributed by atoms with Crippen molar-refractivity contribution in [1.29, 1.82) is 0 Å². The van der Waals surface area contributed by atoms with Gasteiger partial charge in [0, 0.05) is 6.54 Å². The van der Waals surface area contributed by atoms with Gasteiger partial charge in [-0.05, 0) is 54.3 Å². The van der Waals surface area contributed by atoms with Crippen LogP contribution >= 0.6 is 0 Å². The Morgan fingerprint density at radius 3 is 2.18 bits per heavy atom. The van der Waals surface area contributed by atoms with E-state index >= 15 is 0 Å². The van der Waals surface area contributed by atoms with Crippen molar-refractivity contribution in [3.8, 4) is 5.75 Å². The van der Waals surface area contributed by atoms with Gasteiger partial charge in [-0.1, -0.05) is 54.1 Å². The molecule has 0 fully saturated rings. The van der Waals surface area contributed by atoms with Gasteiger partial charge in [0.15, 0.2) is 0 Å². The van der Waals surface area contributed by atoms with Gasteiger partial charge in [-0.3, -0.25) is 0 Å². The van der Waals surface area contributed by atoms with Crippen molar-refractivity contribution in [3.63, 3.8) is 0 Å². The van der Waals surface area contributed by atoms with Gasteiger partial charge in [-0.25, -0.2) is 8.42 Å². The van der Waals surface area contributed by atoms with Crippen LogP contribution in [0.4, 0.5) is 0 Å². The van der Waals surface area contributed by atoms with Crippen LogP contribution in [0.2, 0.25) is 0 Å². The molecule has 1 aliphatic heterocycles. The minimum Gasteiger partial charge on any atom is -0.497 e. The van der Waals surface area contributed by atoms with Crippen LogP contribution in [0.3, 0.4) is 0 Å². The molecule has 0 saturated carbocycles. The Bertz CT molecular complexity index is 1070. The van der Waals surface area contributed by atoms with Crippen LogP contribution in [-0.2, 0) is 23.0 Å². The molecule has 0 saturated heterocycles. The van der Waals surface area contributed by atoms with E-state index in [2.05, 4.69) is 6.07 Å². The molecule has 0 aliphatic carbocycles. The summed E-state index contributed by atoms with van der Waals surface area (Å²) in [4.78, 5) is 0.330. The predicted molar refractivity (Wildman–Crippen MR) is 110 cm³/mol. The average Bonchev–Trinajstić information content (AvgIpc) is 2.73. The number of benzene rings is 3. The van der Waals surface area contributed by atoms with Gasteiger partial charge in [-0.2, -0.15) is 4.31 Å². The number of aryl methyl sites for hydroxylation is 1. The summed E-state index contributed by atoms with van der Waals surface area (Å²) in [5, 5.41) is 0. The Hall–Kier alpha value is -2.63. The highest BCUT2D eigenvalue weighted by Gasteiger charge is 2.36. The summed E-state index contributed by atoms with van der Waals surface area (Å²) in [7, 11) is -2.01. The topological polar surface area (TPSA) is 46.6 Å². The molecule has 1 aliphatic rings. The molecule has 4 nitrogen and oxygen atoms in total. The molecule has 3 aromatic carbocycles. The molecule has 5 heteroatoms. The molecular weight excluding hydrogens is 370 g/mol. The van der Waals surface area contributed by atoms with E-state index in [1.807, 2.05) is 61.5 Å². The highest BCUT2D eigenvalue weighted by atomic mass is 32.2. The maximum atomic E-state index is 13.5. The van der Waals surface area contributed by atoms with Crippen LogP contribution in [0.1, 0.15) is 28.3 Å². The van der Waals surface area contributed by atoms with Crippen molar-refractivity contribution in [2.45, 2.75) is 30.8 Å². The van der Waals surface area contributed by atoms with E-state index in [1.165, 1.54) is 5.56 Å². The molecule has 28 heavy (non-hydrogen) atoms. The van der Waals surface area contributed by atoms with Crippen LogP contribution in [0.15, 0.2) is 77.7 Å². The summed E-state index contributed by atoms with van der Waals surface area (Å²) in [5.74, 6) is 0.757. The Labute approximate surface area is 166 Å². The molecule has 0 aromatic heterocycles. The van der Waals surface area contributed by atoms with E-state index in [9.17, 15) is 8.42 Å².